The van der Waals surface area contributed by atoms with E-state index in [0.29, 0.717) is 24.8 Å². The Morgan fingerprint density at radius 1 is 1.41 bits per heavy atom. The molecule has 0 aliphatic rings. The van der Waals surface area contributed by atoms with Gasteiger partial charge in [0.15, 0.2) is 0 Å². The van der Waals surface area contributed by atoms with Gasteiger partial charge in [-0.25, -0.2) is 9.97 Å². The second kappa shape index (κ2) is 7.03. The number of nitrogen functional groups attached to an aromatic ring is 1. The van der Waals surface area contributed by atoms with E-state index < -0.39 is 0 Å². The molecule has 1 unspecified atom stereocenters. The number of ether oxygens (including phenoxy) is 2. The second-order valence-corrected chi connectivity index (χ2v) is 3.64. The van der Waals surface area contributed by atoms with Crippen molar-refractivity contribution in [3.8, 4) is 0 Å². The summed E-state index contributed by atoms with van der Waals surface area (Å²) in [5.74, 6) is 1.92. The molecule has 1 atom stereocenters. The fourth-order valence-electron chi connectivity index (χ4n) is 1.38. The van der Waals surface area contributed by atoms with Gasteiger partial charge in [0.25, 0.3) is 0 Å². The zero-order valence-electron chi connectivity index (χ0n) is 10.6. The largest absolute Gasteiger partial charge is 0.384 e. The van der Waals surface area contributed by atoms with Crippen molar-refractivity contribution in [1.29, 1.82) is 0 Å². The maximum absolute atomic E-state index is 5.69. The molecule has 0 aromatic carbocycles. The fourth-order valence-corrected chi connectivity index (χ4v) is 1.38. The molecule has 17 heavy (non-hydrogen) atoms. The third-order valence-electron chi connectivity index (χ3n) is 2.31. The number of aromatic nitrogens is 2. The van der Waals surface area contributed by atoms with Gasteiger partial charge in [0.2, 0.25) is 0 Å². The van der Waals surface area contributed by atoms with Crippen molar-refractivity contribution >= 4 is 11.6 Å². The van der Waals surface area contributed by atoms with E-state index in [2.05, 4.69) is 15.3 Å². The van der Waals surface area contributed by atoms with Crippen LogP contribution in [-0.4, -0.2) is 43.4 Å². The van der Waals surface area contributed by atoms with Gasteiger partial charge in [0.1, 0.15) is 17.5 Å². The normalized spacial score (nSPS) is 12.4. The van der Waals surface area contributed by atoms with E-state index in [1.165, 1.54) is 0 Å². The molecule has 0 saturated heterocycles. The van der Waals surface area contributed by atoms with Crippen LogP contribution < -0.4 is 11.1 Å². The zero-order valence-corrected chi connectivity index (χ0v) is 10.6. The summed E-state index contributed by atoms with van der Waals surface area (Å²) < 4.78 is 10.3. The Morgan fingerprint density at radius 2 is 2.18 bits per heavy atom. The molecule has 3 N–H and O–H groups in total. The lowest BCUT2D eigenvalue weighted by Crippen LogP contribution is -2.27. The average molecular weight is 240 g/mol. The Hall–Kier alpha value is -1.40. The molecule has 0 radical (unpaired) electrons. The summed E-state index contributed by atoms with van der Waals surface area (Å²) in [5.41, 5.74) is 5.69. The maximum atomic E-state index is 5.69. The minimum atomic E-state index is -0.0127. The summed E-state index contributed by atoms with van der Waals surface area (Å²) in [6, 6.07) is 1.71. The minimum absolute atomic E-state index is 0.0127. The summed E-state index contributed by atoms with van der Waals surface area (Å²) in [7, 11) is 3.29. The predicted octanol–water partition coefficient (Wildman–Crippen LogP) is 0.694. The molecular formula is C11H20N4O2. The van der Waals surface area contributed by atoms with Crippen molar-refractivity contribution in [2.75, 3.05) is 38.4 Å². The molecule has 6 heteroatoms. The van der Waals surface area contributed by atoms with E-state index in [4.69, 9.17) is 15.2 Å². The van der Waals surface area contributed by atoms with Gasteiger partial charge in [-0.1, -0.05) is 6.92 Å². The molecule has 0 aliphatic heterocycles. The number of nitrogens with zero attached hydrogens (tertiary/aromatic N) is 2. The smallest absolute Gasteiger partial charge is 0.132 e. The highest BCUT2D eigenvalue weighted by Crippen LogP contribution is 2.09. The van der Waals surface area contributed by atoms with E-state index in [1.54, 1.807) is 20.3 Å². The highest BCUT2D eigenvalue weighted by Gasteiger charge is 2.07. The van der Waals surface area contributed by atoms with Crippen molar-refractivity contribution in [1.82, 2.24) is 9.97 Å². The number of nitrogens with one attached hydrogen (secondary N) is 1. The number of methoxy groups -OCH3 is 2. The molecule has 6 nitrogen and oxygen atoms in total. The van der Waals surface area contributed by atoms with Gasteiger partial charge >= 0.3 is 0 Å². The Labute approximate surface area is 102 Å². The third kappa shape index (κ3) is 4.54. The average Bonchev–Trinajstić information content (AvgIpc) is 2.33. The molecule has 96 valence electrons. The predicted molar refractivity (Wildman–Crippen MR) is 67.0 cm³/mol. The Morgan fingerprint density at radius 3 is 2.76 bits per heavy atom. The number of aryl methyl sites for hydroxylation is 1. The summed E-state index contributed by atoms with van der Waals surface area (Å²) in [6.07, 6.45) is 0.743. The summed E-state index contributed by atoms with van der Waals surface area (Å²) in [6.45, 7) is 3.14. The Bertz CT molecular complexity index is 346. The number of hydrogen-bond donors (Lipinski definition) is 2. The minimum Gasteiger partial charge on any atom is -0.384 e. The van der Waals surface area contributed by atoms with Crippen molar-refractivity contribution in [3.63, 3.8) is 0 Å². The van der Waals surface area contributed by atoms with Gasteiger partial charge in [-0.3, -0.25) is 0 Å². The quantitative estimate of drug-likeness (QED) is 0.730. The van der Waals surface area contributed by atoms with E-state index >= 15 is 0 Å². The molecule has 1 aromatic rings. The maximum Gasteiger partial charge on any atom is 0.132 e. The molecule has 0 amide bonds. The van der Waals surface area contributed by atoms with Gasteiger partial charge in [-0.15, -0.1) is 0 Å². The number of nitrogens with two attached hydrogens (primary N) is 1. The van der Waals surface area contributed by atoms with Crippen LogP contribution >= 0.6 is 0 Å². The first-order valence-electron chi connectivity index (χ1n) is 5.58. The van der Waals surface area contributed by atoms with Crippen LogP contribution in [0.1, 0.15) is 12.7 Å². The molecule has 0 aliphatic carbocycles. The molecule has 1 aromatic heterocycles. The highest BCUT2D eigenvalue weighted by molar-refractivity contribution is 5.44. The first kappa shape index (κ1) is 13.7. The summed E-state index contributed by atoms with van der Waals surface area (Å²) in [4.78, 5) is 8.43. The number of hydrogen-bond acceptors (Lipinski definition) is 6. The van der Waals surface area contributed by atoms with Crippen LogP contribution in [-0.2, 0) is 15.9 Å². The lowest BCUT2D eigenvalue weighted by molar-refractivity contribution is 0.0365. The van der Waals surface area contributed by atoms with Crippen LogP contribution in [0.5, 0.6) is 0 Å². The zero-order chi connectivity index (χ0) is 12.7. The van der Waals surface area contributed by atoms with Gasteiger partial charge < -0.3 is 20.5 Å². The van der Waals surface area contributed by atoms with Crippen LogP contribution in [0.4, 0.5) is 11.6 Å². The third-order valence-corrected chi connectivity index (χ3v) is 2.31. The molecular weight excluding hydrogens is 220 g/mol. The SMILES string of the molecule is CCc1nc(N)cc(NCC(COC)OC)n1. The van der Waals surface area contributed by atoms with Gasteiger partial charge in [-0.2, -0.15) is 0 Å². The number of rotatable bonds is 7. The van der Waals surface area contributed by atoms with Crippen LogP contribution in [0.3, 0.4) is 0 Å². The molecule has 0 spiro atoms. The van der Waals surface area contributed by atoms with E-state index in [-0.39, 0.29) is 6.10 Å². The Kier molecular flexibility index (Phi) is 5.65. The van der Waals surface area contributed by atoms with Crippen LogP contribution in [0, 0.1) is 0 Å². The molecule has 1 rings (SSSR count). The first-order chi connectivity index (χ1) is 8.19. The second-order valence-electron chi connectivity index (χ2n) is 3.64. The summed E-state index contributed by atoms with van der Waals surface area (Å²) in [5, 5.41) is 3.16. The van der Waals surface area contributed by atoms with Crippen molar-refractivity contribution < 1.29 is 9.47 Å². The lowest BCUT2D eigenvalue weighted by atomic mass is 10.3. The molecule has 0 saturated carbocycles. The Balaban J connectivity index is 2.58. The monoisotopic (exact) mass is 240 g/mol. The van der Waals surface area contributed by atoms with Gasteiger partial charge in [0, 0.05) is 33.3 Å². The van der Waals surface area contributed by atoms with Gasteiger partial charge in [0.05, 0.1) is 12.7 Å². The highest BCUT2D eigenvalue weighted by atomic mass is 16.5. The van der Waals surface area contributed by atoms with E-state index in [0.717, 1.165) is 12.2 Å². The van der Waals surface area contributed by atoms with Gasteiger partial charge in [-0.05, 0) is 0 Å². The lowest BCUT2D eigenvalue weighted by Gasteiger charge is -2.15. The van der Waals surface area contributed by atoms with Crippen LogP contribution in [0.2, 0.25) is 0 Å². The van der Waals surface area contributed by atoms with Crippen molar-refractivity contribution in [2.24, 2.45) is 0 Å². The molecule has 1 heterocycles. The molecule has 0 bridgehead atoms. The molecule has 0 fully saturated rings. The first-order valence-corrected chi connectivity index (χ1v) is 5.58. The van der Waals surface area contributed by atoms with Crippen molar-refractivity contribution in [2.45, 2.75) is 19.4 Å². The summed E-state index contributed by atoms with van der Waals surface area (Å²) >= 11 is 0. The number of anilines is 2. The fraction of sp³-hybridized carbons (Fsp3) is 0.636. The topological polar surface area (TPSA) is 82.3 Å². The van der Waals surface area contributed by atoms with Crippen molar-refractivity contribution in [3.05, 3.63) is 11.9 Å². The van der Waals surface area contributed by atoms with E-state index in [9.17, 15) is 0 Å². The van der Waals surface area contributed by atoms with Crippen LogP contribution in [0.25, 0.3) is 0 Å². The van der Waals surface area contributed by atoms with Crippen LogP contribution in [0.15, 0.2) is 6.07 Å². The van der Waals surface area contributed by atoms with E-state index in [1.807, 2.05) is 6.92 Å². The standard InChI is InChI=1S/C11H20N4O2/c1-4-10-14-9(12)5-11(15-10)13-6-8(17-3)7-16-2/h5,8H,4,6-7H2,1-3H3,(H3,12,13,14,15).